The number of non-ortho nitro benzene ring substituents is 1. The third kappa shape index (κ3) is 3.66. The summed E-state index contributed by atoms with van der Waals surface area (Å²) in [5, 5.41) is 29.2. The van der Waals surface area contributed by atoms with E-state index < -0.39 is 22.3 Å². The highest BCUT2D eigenvalue weighted by Crippen LogP contribution is 2.23. The first-order valence-corrected chi connectivity index (χ1v) is 6.91. The zero-order valence-electron chi connectivity index (χ0n) is 13.0. The molecule has 24 heavy (non-hydrogen) atoms. The molecule has 1 aromatic carbocycles. The molecular weight excluding hydrogens is 320 g/mol. The summed E-state index contributed by atoms with van der Waals surface area (Å²) < 4.78 is 4.97. The number of carbonyl (C=O) groups is 2. The summed E-state index contributed by atoms with van der Waals surface area (Å²) in [5.41, 5.74) is -0.925. The second-order valence-electron chi connectivity index (χ2n) is 5.58. The molecule has 1 heterocycles. The lowest BCUT2D eigenvalue weighted by Gasteiger charge is -2.28. The molecule has 0 radical (unpaired) electrons. The van der Waals surface area contributed by atoms with Crippen LogP contribution >= 0.6 is 0 Å². The number of methoxy groups -OCH3 is 1. The Balaban J connectivity index is 2.34. The van der Waals surface area contributed by atoms with E-state index in [-0.39, 0.29) is 29.8 Å². The van der Waals surface area contributed by atoms with E-state index in [4.69, 9.17) is 9.84 Å². The van der Waals surface area contributed by atoms with E-state index in [1.54, 1.807) is 0 Å². The molecule has 2 aromatic rings. The van der Waals surface area contributed by atoms with E-state index in [0.717, 1.165) is 0 Å². The van der Waals surface area contributed by atoms with Crippen molar-refractivity contribution in [2.45, 2.75) is 18.9 Å². The van der Waals surface area contributed by atoms with E-state index in [0.29, 0.717) is 5.52 Å². The summed E-state index contributed by atoms with van der Waals surface area (Å²) in [5.74, 6) is -1.75. The number of carboxylic acids is 1. The van der Waals surface area contributed by atoms with Crippen LogP contribution in [-0.2, 0) is 9.53 Å². The number of aliphatic carboxylic acids is 1. The molecule has 10 nitrogen and oxygen atoms in total. The smallest absolute Gasteiger partial charge is 0.305 e. The third-order valence-electron chi connectivity index (χ3n) is 3.39. The number of nitrogens with one attached hydrogen (secondary N) is 2. The number of ether oxygens (including phenoxy) is 1. The summed E-state index contributed by atoms with van der Waals surface area (Å²) in [7, 11) is 1.39. The van der Waals surface area contributed by atoms with E-state index >= 15 is 0 Å². The Morgan fingerprint density at radius 3 is 2.79 bits per heavy atom. The zero-order valence-corrected chi connectivity index (χ0v) is 13.0. The van der Waals surface area contributed by atoms with Crippen LogP contribution in [0.3, 0.4) is 0 Å². The minimum absolute atomic E-state index is 0.0203. The monoisotopic (exact) mass is 336 g/mol. The molecule has 2 rings (SSSR count). The van der Waals surface area contributed by atoms with E-state index in [1.807, 2.05) is 0 Å². The number of nitrogens with zero attached hydrogens (tertiary/aromatic N) is 2. The lowest BCUT2D eigenvalue weighted by atomic mass is 9.98. The first kappa shape index (κ1) is 17.3. The Morgan fingerprint density at radius 1 is 1.50 bits per heavy atom. The fourth-order valence-electron chi connectivity index (χ4n) is 2.41. The number of nitro groups is 1. The molecule has 0 aliphatic heterocycles. The fourth-order valence-corrected chi connectivity index (χ4v) is 2.41. The van der Waals surface area contributed by atoms with Gasteiger partial charge in [0.1, 0.15) is 0 Å². The van der Waals surface area contributed by atoms with Gasteiger partial charge in [-0.15, -0.1) is 0 Å². The van der Waals surface area contributed by atoms with Gasteiger partial charge in [0.2, 0.25) is 0 Å². The second kappa shape index (κ2) is 6.62. The van der Waals surface area contributed by atoms with Crippen LogP contribution in [-0.4, -0.2) is 51.4 Å². The number of aromatic nitrogens is 2. The van der Waals surface area contributed by atoms with E-state index in [1.165, 1.54) is 32.2 Å². The van der Waals surface area contributed by atoms with Crippen LogP contribution in [0, 0.1) is 10.1 Å². The molecule has 0 aliphatic carbocycles. The summed E-state index contributed by atoms with van der Waals surface area (Å²) in [6, 6.07) is 3.98. The van der Waals surface area contributed by atoms with Gasteiger partial charge < -0.3 is 15.2 Å². The zero-order chi connectivity index (χ0) is 17.9. The molecule has 0 aliphatic rings. The topological polar surface area (TPSA) is 147 Å². The predicted octanol–water partition coefficient (Wildman–Crippen LogP) is 1.08. The van der Waals surface area contributed by atoms with Crippen LogP contribution in [0.2, 0.25) is 0 Å². The molecule has 0 spiro atoms. The fraction of sp³-hybridized carbons (Fsp3) is 0.357. The van der Waals surface area contributed by atoms with Crippen molar-refractivity contribution in [3.8, 4) is 0 Å². The second-order valence-corrected chi connectivity index (χ2v) is 5.58. The minimum Gasteiger partial charge on any atom is -0.481 e. The number of hydrogen-bond donors (Lipinski definition) is 3. The van der Waals surface area contributed by atoms with Gasteiger partial charge in [0.25, 0.3) is 11.6 Å². The number of aromatic amines is 1. The molecule has 1 unspecified atom stereocenters. The standard InChI is InChI=1S/C14H16N4O6/c1-14(7-24-2,6-11(19)20)15-13(21)12-9-5-8(18(22)23)3-4-10(9)16-17-12/h3-5H,6-7H2,1-2H3,(H,15,21)(H,16,17)(H,19,20). The van der Waals surface area contributed by atoms with Gasteiger partial charge in [-0.25, -0.2) is 0 Å². The molecule has 10 heteroatoms. The van der Waals surface area contributed by atoms with Crippen LogP contribution in [0.5, 0.6) is 0 Å². The van der Waals surface area contributed by atoms with Gasteiger partial charge in [-0.05, 0) is 13.0 Å². The van der Waals surface area contributed by atoms with Crippen LogP contribution in [0.25, 0.3) is 10.9 Å². The number of H-pyrrole nitrogens is 1. The highest BCUT2D eigenvalue weighted by atomic mass is 16.6. The Labute approximate surface area is 135 Å². The average molecular weight is 336 g/mol. The van der Waals surface area contributed by atoms with Crippen LogP contribution in [0.4, 0.5) is 5.69 Å². The molecule has 1 amide bonds. The quantitative estimate of drug-likeness (QED) is 0.506. The maximum Gasteiger partial charge on any atom is 0.305 e. The van der Waals surface area contributed by atoms with Crippen molar-refractivity contribution >= 4 is 28.5 Å². The van der Waals surface area contributed by atoms with Crippen LogP contribution in [0.1, 0.15) is 23.8 Å². The maximum absolute atomic E-state index is 12.5. The molecule has 1 aromatic heterocycles. The van der Waals surface area contributed by atoms with Crippen LogP contribution < -0.4 is 5.32 Å². The average Bonchev–Trinajstić information content (AvgIpc) is 2.88. The lowest BCUT2D eigenvalue weighted by Crippen LogP contribution is -2.50. The summed E-state index contributed by atoms with van der Waals surface area (Å²) in [6.07, 6.45) is -0.352. The number of nitro benzene ring substituents is 1. The van der Waals surface area contributed by atoms with Crippen molar-refractivity contribution in [1.29, 1.82) is 0 Å². The maximum atomic E-state index is 12.5. The number of amides is 1. The summed E-state index contributed by atoms with van der Waals surface area (Å²) in [4.78, 5) is 33.7. The van der Waals surface area contributed by atoms with Crippen molar-refractivity contribution < 1.29 is 24.4 Å². The van der Waals surface area contributed by atoms with Crippen LogP contribution in [0.15, 0.2) is 18.2 Å². The molecule has 0 fully saturated rings. The molecular formula is C14H16N4O6. The van der Waals surface area contributed by atoms with Gasteiger partial charge >= 0.3 is 5.97 Å². The summed E-state index contributed by atoms with van der Waals surface area (Å²) >= 11 is 0. The molecule has 3 N–H and O–H groups in total. The van der Waals surface area contributed by atoms with E-state index in [2.05, 4.69) is 15.5 Å². The van der Waals surface area contributed by atoms with Gasteiger partial charge in [0.05, 0.1) is 29.0 Å². The first-order valence-electron chi connectivity index (χ1n) is 6.91. The van der Waals surface area contributed by atoms with Gasteiger partial charge in [0, 0.05) is 24.6 Å². The van der Waals surface area contributed by atoms with Gasteiger partial charge in [-0.3, -0.25) is 24.8 Å². The summed E-state index contributed by atoms with van der Waals surface area (Å²) in [6.45, 7) is 1.51. The molecule has 0 saturated carbocycles. The van der Waals surface area contributed by atoms with Gasteiger partial charge in [-0.2, -0.15) is 5.10 Å². The number of carboxylic acid groups (broad SMARTS) is 1. The minimum atomic E-state index is -1.15. The normalized spacial score (nSPS) is 13.4. The number of benzene rings is 1. The van der Waals surface area contributed by atoms with Gasteiger partial charge in [-0.1, -0.05) is 0 Å². The molecule has 0 saturated heterocycles. The van der Waals surface area contributed by atoms with Crippen molar-refractivity contribution in [3.63, 3.8) is 0 Å². The highest BCUT2D eigenvalue weighted by molar-refractivity contribution is 6.05. The largest absolute Gasteiger partial charge is 0.481 e. The molecule has 1 atom stereocenters. The van der Waals surface area contributed by atoms with E-state index in [9.17, 15) is 19.7 Å². The third-order valence-corrected chi connectivity index (χ3v) is 3.39. The number of hydrogen-bond acceptors (Lipinski definition) is 6. The van der Waals surface area contributed by atoms with Crippen molar-refractivity contribution in [2.24, 2.45) is 0 Å². The Hall–Kier alpha value is -3.01. The predicted molar refractivity (Wildman–Crippen MR) is 82.7 cm³/mol. The number of carbonyl (C=O) groups excluding carboxylic acids is 1. The molecule has 0 bridgehead atoms. The number of fused-ring (bicyclic) bond motifs is 1. The van der Waals surface area contributed by atoms with Crippen molar-refractivity contribution in [2.75, 3.05) is 13.7 Å². The lowest BCUT2D eigenvalue weighted by molar-refractivity contribution is -0.384. The Kier molecular flexibility index (Phi) is 4.79. The Bertz CT molecular complexity index is 802. The molecule has 128 valence electrons. The highest BCUT2D eigenvalue weighted by Gasteiger charge is 2.31. The first-order chi connectivity index (χ1) is 11.3. The van der Waals surface area contributed by atoms with Crippen molar-refractivity contribution in [3.05, 3.63) is 34.0 Å². The number of rotatable bonds is 7. The Morgan fingerprint density at radius 2 is 2.21 bits per heavy atom. The SMILES string of the molecule is COCC(C)(CC(=O)O)NC(=O)c1n[nH]c2ccc([N+](=O)[O-])cc12. The van der Waals surface area contributed by atoms with Gasteiger partial charge in [0.15, 0.2) is 5.69 Å². The van der Waals surface area contributed by atoms with Crippen molar-refractivity contribution in [1.82, 2.24) is 15.5 Å².